The predicted octanol–water partition coefficient (Wildman–Crippen LogP) is 2.21. The molecule has 0 radical (unpaired) electrons. The van der Waals surface area contributed by atoms with Crippen LogP contribution in [0.25, 0.3) is 0 Å². The van der Waals surface area contributed by atoms with Crippen molar-refractivity contribution in [1.29, 1.82) is 0 Å². The van der Waals surface area contributed by atoms with Crippen LogP contribution in [0.3, 0.4) is 0 Å². The largest absolute Gasteiger partial charge is 0.467 e. The lowest BCUT2D eigenvalue weighted by molar-refractivity contribution is -0.127. The highest BCUT2D eigenvalue weighted by molar-refractivity contribution is 5.88. The van der Waals surface area contributed by atoms with Crippen LogP contribution >= 0.6 is 0 Å². The molecule has 2 amide bonds. The maximum absolute atomic E-state index is 12.2. The highest BCUT2D eigenvalue weighted by atomic mass is 16.3. The average molecular weight is 300 g/mol. The summed E-state index contributed by atoms with van der Waals surface area (Å²) in [6.07, 6.45) is 2.23. The van der Waals surface area contributed by atoms with E-state index in [-0.39, 0.29) is 24.3 Å². The number of benzene rings is 1. The second kappa shape index (κ2) is 8.02. The van der Waals surface area contributed by atoms with Gasteiger partial charge in [-0.2, -0.15) is 0 Å². The number of hydrogen-bond donors (Lipinski definition) is 2. The lowest BCUT2D eigenvalue weighted by atomic mass is 9.96. The van der Waals surface area contributed by atoms with Gasteiger partial charge in [0.2, 0.25) is 11.8 Å². The van der Waals surface area contributed by atoms with E-state index in [2.05, 4.69) is 10.6 Å². The van der Waals surface area contributed by atoms with Gasteiger partial charge in [0.05, 0.1) is 25.3 Å². The van der Waals surface area contributed by atoms with Crippen LogP contribution in [0.1, 0.15) is 30.6 Å². The fourth-order valence-electron chi connectivity index (χ4n) is 2.21. The van der Waals surface area contributed by atoms with Crippen molar-refractivity contribution >= 4 is 11.8 Å². The maximum atomic E-state index is 12.2. The van der Waals surface area contributed by atoms with Gasteiger partial charge >= 0.3 is 0 Å². The van der Waals surface area contributed by atoms with Gasteiger partial charge in [-0.15, -0.1) is 0 Å². The molecule has 1 atom stereocenters. The van der Waals surface area contributed by atoms with E-state index in [1.54, 1.807) is 18.4 Å². The van der Waals surface area contributed by atoms with Crippen molar-refractivity contribution in [3.05, 3.63) is 60.1 Å². The molecule has 0 bridgehead atoms. The van der Waals surface area contributed by atoms with E-state index in [0.717, 1.165) is 5.56 Å². The summed E-state index contributed by atoms with van der Waals surface area (Å²) in [6.45, 7) is 2.23. The molecule has 0 saturated carbocycles. The van der Waals surface area contributed by atoms with Gasteiger partial charge < -0.3 is 15.1 Å². The Morgan fingerprint density at radius 2 is 1.86 bits per heavy atom. The minimum atomic E-state index is -0.243. The smallest absolute Gasteiger partial charge is 0.239 e. The molecule has 5 heteroatoms. The van der Waals surface area contributed by atoms with Crippen molar-refractivity contribution in [1.82, 2.24) is 10.6 Å². The van der Waals surface area contributed by atoms with Crippen molar-refractivity contribution in [3.8, 4) is 0 Å². The molecule has 2 aromatic rings. The van der Waals surface area contributed by atoms with Crippen molar-refractivity contribution in [3.63, 3.8) is 0 Å². The number of amides is 2. The van der Waals surface area contributed by atoms with E-state index in [0.29, 0.717) is 18.7 Å². The third-order valence-corrected chi connectivity index (χ3v) is 3.39. The van der Waals surface area contributed by atoms with Crippen LogP contribution in [0.5, 0.6) is 0 Å². The van der Waals surface area contributed by atoms with Crippen LogP contribution in [0, 0.1) is 0 Å². The lowest BCUT2D eigenvalue weighted by Crippen LogP contribution is -2.38. The third kappa shape index (κ3) is 4.48. The van der Waals surface area contributed by atoms with E-state index < -0.39 is 0 Å². The van der Waals surface area contributed by atoms with Gasteiger partial charge in [0.15, 0.2) is 0 Å². The number of nitrogens with one attached hydrogen (secondary N) is 2. The second-order valence-electron chi connectivity index (χ2n) is 4.95. The number of rotatable bonds is 7. The molecule has 0 aliphatic heterocycles. The predicted molar refractivity (Wildman–Crippen MR) is 83.0 cm³/mol. The molecule has 0 fully saturated rings. The molecule has 1 heterocycles. The fourth-order valence-corrected chi connectivity index (χ4v) is 2.21. The Balaban J connectivity index is 1.79. The van der Waals surface area contributed by atoms with Crippen LogP contribution in [-0.2, 0) is 16.1 Å². The Kier molecular flexibility index (Phi) is 5.77. The Morgan fingerprint density at radius 3 is 2.50 bits per heavy atom. The Hall–Kier alpha value is -2.56. The number of carbonyl (C=O) groups excluding carboxylic acids is 2. The quantitative estimate of drug-likeness (QED) is 0.823. The van der Waals surface area contributed by atoms with Crippen molar-refractivity contribution in [2.45, 2.75) is 25.8 Å². The first-order valence-corrected chi connectivity index (χ1v) is 7.32. The molecule has 22 heavy (non-hydrogen) atoms. The fraction of sp³-hybridized carbons (Fsp3) is 0.294. The summed E-state index contributed by atoms with van der Waals surface area (Å²) in [5, 5.41) is 5.37. The van der Waals surface area contributed by atoms with Crippen molar-refractivity contribution in [2.75, 3.05) is 6.54 Å². The van der Waals surface area contributed by atoms with Gasteiger partial charge in [-0.25, -0.2) is 0 Å². The molecule has 2 rings (SSSR count). The molecule has 5 nitrogen and oxygen atoms in total. The van der Waals surface area contributed by atoms with E-state index in [1.807, 2.05) is 37.3 Å². The summed E-state index contributed by atoms with van der Waals surface area (Å²) in [7, 11) is 0. The van der Waals surface area contributed by atoms with Crippen molar-refractivity contribution in [2.24, 2.45) is 0 Å². The molecular weight excluding hydrogens is 280 g/mol. The van der Waals surface area contributed by atoms with Gasteiger partial charge in [-0.1, -0.05) is 37.3 Å². The molecule has 116 valence electrons. The highest BCUT2D eigenvalue weighted by Gasteiger charge is 2.18. The normalized spacial score (nSPS) is 11.7. The van der Waals surface area contributed by atoms with Gasteiger partial charge in [0.25, 0.3) is 0 Å². The Labute approximate surface area is 129 Å². The summed E-state index contributed by atoms with van der Waals surface area (Å²) < 4.78 is 5.12. The third-order valence-electron chi connectivity index (χ3n) is 3.39. The summed E-state index contributed by atoms with van der Waals surface area (Å²) in [5.74, 6) is 0.0592. The summed E-state index contributed by atoms with van der Waals surface area (Å²) in [6, 6.07) is 13.1. The Bertz CT molecular complexity index is 594. The highest BCUT2D eigenvalue weighted by Crippen LogP contribution is 2.18. The van der Waals surface area contributed by atoms with Gasteiger partial charge in [0.1, 0.15) is 5.76 Å². The molecular formula is C17H20N2O3. The van der Waals surface area contributed by atoms with E-state index in [9.17, 15) is 9.59 Å². The maximum Gasteiger partial charge on any atom is 0.239 e. The molecule has 0 aliphatic rings. The van der Waals surface area contributed by atoms with E-state index >= 15 is 0 Å². The number of carbonyl (C=O) groups is 2. The summed E-state index contributed by atoms with van der Waals surface area (Å²) in [4.78, 5) is 23.9. The zero-order chi connectivity index (χ0) is 15.8. The molecule has 0 saturated heterocycles. The first-order chi connectivity index (χ1) is 10.7. The van der Waals surface area contributed by atoms with Gasteiger partial charge in [0, 0.05) is 0 Å². The van der Waals surface area contributed by atoms with E-state index in [1.165, 1.54) is 0 Å². The van der Waals surface area contributed by atoms with Crippen LogP contribution < -0.4 is 10.6 Å². The molecule has 1 unspecified atom stereocenters. The summed E-state index contributed by atoms with van der Waals surface area (Å²) >= 11 is 0. The SMILES string of the molecule is CCC(C(=O)NCC(=O)NCc1ccco1)c1ccccc1. The monoisotopic (exact) mass is 300 g/mol. The topological polar surface area (TPSA) is 71.3 Å². The molecule has 1 aromatic carbocycles. The van der Waals surface area contributed by atoms with Gasteiger partial charge in [-0.05, 0) is 24.1 Å². The molecule has 1 aromatic heterocycles. The standard InChI is InChI=1S/C17H20N2O3/c1-2-15(13-7-4-3-5-8-13)17(21)19-12-16(20)18-11-14-9-6-10-22-14/h3-10,15H,2,11-12H2,1H3,(H,18,20)(H,19,21). The zero-order valence-corrected chi connectivity index (χ0v) is 12.5. The van der Waals surface area contributed by atoms with Crippen LogP contribution in [0.4, 0.5) is 0 Å². The van der Waals surface area contributed by atoms with Crippen LogP contribution in [0.2, 0.25) is 0 Å². The zero-order valence-electron chi connectivity index (χ0n) is 12.5. The van der Waals surface area contributed by atoms with Crippen LogP contribution in [0.15, 0.2) is 53.1 Å². The van der Waals surface area contributed by atoms with Crippen LogP contribution in [-0.4, -0.2) is 18.4 Å². The minimum Gasteiger partial charge on any atom is -0.467 e. The first-order valence-electron chi connectivity index (χ1n) is 7.32. The Morgan fingerprint density at radius 1 is 1.09 bits per heavy atom. The van der Waals surface area contributed by atoms with Gasteiger partial charge in [-0.3, -0.25) is 9.59 Å². The molecule has 2 N–H and O–H groups in total. The average Bonchev–Trinajstić information content (AvgIpc) is 3.06. The summed E-state index contributed by atoms with van der Waals surface area (Å²) in [5.41, 5.74) is 0.957. The first kappa shape index (κ1) is 15.8. The molecule has 0 aliphatic carbocycles. The number of furan rings is 1. The second-order valence-corrected chi connectivity index (χ2v) is 4.95. The minimum absolute atomic E-state index is 0.0388. The number of hydrogen-bond acceptors (Lipinski definition) is 3. The van der Waals surface area contributed by atoms with E-state index in [4.69, 9.17) is 4.42 Å². The van der Waals surface area contributed by atoms with Crippen molar-refractivity contribution < 1.29 is 14.0 Å². The molecule has 0 spiro atoms. The lowest BCUT2D eigenvalue weighted by Gasteiger charge is -2.15.